The molecule has 0 saturated heterocycles. The van der Waals surface area contributed by atoms with Gasteiger partial charge in [-0.25, -0.2) is 0 Å². The molecule has 0 aromatic heterocycles. The van der Waals surface area contributed by atoms with Crippen LogP contribution < -0.4 is 9.80 Å². The molecule has 1 aliphatic rings. The summed E-state index contributed by atoms with van der Waals surface area (Å²) in [5.74, 6) is -0.297. The first-order valence-electron chi connectivity index (χ1n) is 9.64. The molecule has 142 valence electrons. The quantitative estimate of drug-likeness (QED) is 0.757. The number of nitrogens with zero attached hydrogens (tertiary/aromatic N) is 2. The fourth-order valence-corrected chi connectivity index (χ4v) is 3.75. The van der Waals surface area contributed by atoms with Crippen molar-refractivity contribution in [3.05, 3.63) is 59.7 Å². The zero-order valence-corrected chi connectivity index (χ0v) is 16.7. The third-order valence-corrected chi connectivity index (χ3v) is 5.30. The number of hydrogen-bond donors (Lipinski definition) is 0. The Balaban J connectivity index is 1.91. The molecule has 4 nitrogen and oxygen atoms in total. The predicted octanol–water partition coefficient (Wildman–Crippen LogP) is 4.35. The van der Waals surface area contributed by atoms with E-state index in [4.69, 9.17) is 0 Å². The van der Waals surface area contributed by atoms with Gasteiger partial charge in [-0.05, 0) is 69.9 Å². The lowest BCUT2D eigenvalue weighted by atomic mass is 9.87. The lowest BCUT2D eigenvalue weighted by Crippen LogP contribution is -2.52. The summed E-state index contributed by atoms with van der Waals surface area (Å²) in [5.41, 5.74) is 2.90. The Morgan fingerprint density at radius 2 is 1.85 bits per heavy atom. The molecule has 2 aromatic carbocycles. The zero-order chi connectivity index (χ0) is 19.6. The topological polar surface area (TPSA) is 40.6 Å². The highest BCUT2D eigenvalue weighted by Gasteiger charge is 2.43. The Hall–Kier alpha value is -2.62. The van der Waals surface area contributed by atoms with E-state index >= 15 is 0 Å². The zero-order valence-electron chi connectivity index (χ0n) is 16.7. The Morgan fingerprint density at radius 3 is 2.56 bits per heavy atom. The fraction of sp³-hybridized carbons (Fsp3) is 0.391. The molecule has 0 atom stereocenters. The minimum atomic E-state index is -1.13. The van der Waals surface area contributed by atoms with Gasteiger partial charge in [-0.3, -0.25) is 9.59 Å². The molecular weight excluding hydrogens is 336 g/mol. The van der Waals surface area contributed by atoms with E-state index in [2.05, 4.69) is 6.07 Å². The van der Waals surface area contributed by atoms with Crippen molar-refractivity contribution >= 4 is 23.2 Å². The number of carbonyl (C=O) groups excluding carboxylic acids is 2. The molecule has 4 heteroatoms. The summed E-state index contributed by atoms with van der Waals surface area (Å²) in [5, 5.41) is 0. The van der Waals surface area contributed by atoms with Crippen molar-refractivity contribution in [3.8, 4) is 0 Å². The number of benzene rings is 2. The molecule has 0 fully saturated rings. The summed E-state index contributed by atoms with van der Waals surface area (Å²) < 4.78 is 0. The van der Waals surface area contributed by atoms with Crippen molar-refractivity contribution in [2.24, 2.45) is 5.41 Å². The second-order valence-corrected chi connectivity index (χ2v) is 7.70. The number of carbonyl (C=O) groups is 2. The van der Waals surface area contributed by atoms with Gasteiger partial charge in [0.1, 0.15) is 5.41 Å². The van der Waals surface area contributed by atoms with E-state index in [0.29, 0.717) is 13.1 Å². The summed E-state index contributed by atoms with van der Waals surface area (Å²) >= 11 is 0. The summed E-state index contributed by atoms with van der Waals surface area (Å²) in [7, 11) is 0. The molecule has 2 amide bonds. The number of anilines is 2. The van der Waals surface area contributed by atoms with Crippen molar-refractivity contribution in [1.29, 1.82) is 0 Å². The fourth-order valence-electron chi connectivity index (χ4n) is 3.75. The molecule has 3 rings (SSSR count). The molecule has 0 spiro atoms. The summed E-state index contributed by atoms with van der Waals surface area (Å²) in [4.78, 5) is 30.3. The van der Waals surface area contributed by atoms with E-state index in [9.17, 15) is 9.59 Å². The van der Waals surface area contributed by atoms with Crippen molar-refractivity contribution in [3.63, 3.8) is 0 Å². The van der Waals surface area contributed by atoms with Crippen molar-refractivity contribution in [1.82, 2.24) is 0 Å². The second-order valence-electron chi connectivity index (χ2n) is 7.70. The Morgan fingerprint density at radius 1 is 1.11 bits per heavy atom. The predicted molar refractivity (Wildman–Crippen MR) is 110 cm³/mol. The van der Waals surface area contributed by atoms with Gasteiger partial charge in [-0.15, -0.1) is 0 Å². The number of hydrogen-bond acceptors (Lipinski definition) is 2. The average molecular weight is 364 g/mol. The number of rotatable bonds is 4. The molecular formula is C23H28N2O2. The van der Waals surface area contributed by atoms with Gasteiger partial charge in [-0.1, -0.05) is 30.3 Å². The highest BCUT2D eigenvalue weighted by Crippen LogP contribution is 2.33. The van der Waals surface area contributed by atoms with E-state index in [1.165, 1.54) is 5.56 Å². The molecule has 0 N–H and O–H groups in total. The molecule has 27 heavy (non-hydrogen) atoms. The van der Waals surface area contributed by atoms with Crippen molar-refractivity contribution < 1.29 is 9.59 Å². The van der Waals surface area contributed by atoms with Gasteiger partial charge in [0.2, 0.25) is 11.8 Å². The normalized spacial score (nSPS) is 13.9. The first kappa shape index (κ1) is 19.2. The van der Waals surface area contributed by atoms with Crippen LogP contribution in [0.5, 0.6) is 0 Å². The third kappa shape index (κ3) is 3.61. The smallest absolute Gasteiger partial charge is 0.242 e. The minimum absolute atomic E-state index is 0.134. The van der Waals surface area contributed by atoms with Crippen LogP contribution in [-0.4, -0.2) is 24.9 Å². The Bertz CT molecular complexity index is 857. The summed E-state index contributed by atoms with van der Waals surface area (Å²) in [6.07, 6.45) is 1.89. The minimum Gasteiger partial charge on any atom is -0.312 e. The first-order chi connectivity index (χ1) is 12.9. The molecule has 1 heterocycles. The lowest BCUT2D eigenvalue weighted by molar-refractivity contribution is -0.138. The van der Waals surface area contributed by atoms with E-state index < -0.39 is 5.41 Å². The summed E-state index contributed by atoms with van der Waals surface area (Å²) in [6.45, 7) is 8.61. The van der Waals surface area contributed by atoms with Crippen LogP contribution in [0.2, 0.25) is 0 Å². The van der Waals surface area contributed by atoms with Crippen molar-refractivity contribution in [2.75, 3.05) is 22.9 Å². The lowest BCUT2D eigenvalue weighted by Gasteiger charge is -2.37. The number of aryl methyl sites for hydroxylation is 2. The maximum Gasteiger partial charge on any atom is 0.242 e. The van der Waals surface area contributed by atoms with Crippen LogP contribution in [0.25, 0.3) is 0 Å². The average Bonchev–Trinajstić information content (AvgIpc) is 2.67. The third-order valence-electron chi connectivity index (χ3n) is 5.30. The highest BCUT2D eigenvalue weighted by molar-refractivity contribution is 6.15. The molecule has 1 aliphatic heterocycles. The van der Waals surface area contributed by atoms with Gasteiger partial charge in [0.05, 0.1) is 0 Å². The molecule has 0 radical (unpaired) electrons. The monoisotopic (exact) mass is 364 g/mol. The molecule has 0 unspecified atom stereocenters. The summed E-state index contributed by atoms with van der Waals surface area (Å²) in [6, 6.07) is 15.8. The van der Waals surface area contributed by atoms with Crippen LogP contribution in [-0.2, 0) is 16.0 Å². The standard InChI is InChI=1S/C23H28N2O2/c1-5-24(19-13-8-10-17(2)16-19)21(26)23(3,4)22(27)25-15-9-12-18-11-6-7-14-20(18)25/h6-8,10-11,13-14,16H,5,9,12,15H2,1-4H3. The first-order valence-corrected chi connectivity index (χ1v) is 9.64. The van der Waals surface area contributed by atoms with Gasteiger partial charge >= 0.3 is 0 Å². The van der Waals surface area contributed by atoms with Gasteiger partial charge in [0, 0.05) is 24.5 Å². The maximum absolute atomic E-state index is 13.4. The number of amides is 2. The van der Waals surface area contributed by atoms with E-state index in [1.54, 1.807) is 23.6 Å². The molecule has 0 bridgehead atoms. The highest BCUT2D eigenvalue weighted by atomic mass is 16.2. The number of fused-ring (bicyclic) bond motifs is 1. The van der Waals surface area contributed by atoms with E-state index in [1.807, 2.05) is 56.3 Å². The van der Waals surface area contributed by atoms with Gasteiger partial charge in [0.15, 0.2) is 0 Å². The van der Waals surface area contributed by atoms with Crippen LogP contribution in [0.1, 0.15) is 38.3 Å². The SMILES string of the molecule is CCN(C(=O)C(C)(C)C(=O)N1CCCc2ccccc21)c1cccc(C)c1. The largest absolute Gasteiger partial charge is 0.312 e. The van der Waals surface area contributed by atoms with Gasteiger partial charge in [0.25, 0.3) is 0 Å². The van der Waals surface area contributed by atoms with Crippen LogP contribution in [0.15, 0.2) is 48.5 Å². The number of para-hydroxylation sites is 1. The van der Waals surface area contributed by atoms with E-state index in [-0.39, 0.29) is 11.8 Å². The maximum atomic E-state index is 13.4. The molecule has 0 aliphatic carbocycles. The van der Waals surface area contributed by atoms with Gasteiger partial charge in [-0.2, -0.15) is 0 Å². The van der Waals surface area contributed by atoms with Crippen molar-refractivity contribution in [2.45, 2.75) is 40.5 Å². The molecule has 0 saturated carbocycles. The Kier molecular flexibility index (Phi) is 5.36. The van der Waals surface area contributed by atoms with Crippen LogP contribution in [0.3, 0.4) is 0 Å². The van der Waals surface area contributed by atoms with Crippen LogP contribution >= 0.6 is 0 Å². The molecule has 2 aromatic rings. The Labute approximate surface area is 161 Å². The van der Waals surface area contributed by atoms with Crippen LogP contribution in [0, 0.1) is 12.3 Å². The van der Waals surface area contributed by atoms with E-state index in [0.717, 1.165) is 29.8 Å². The van der Waals surface area contributed by atoms with Gasteiger partial charge < -0.3 is 9.80 Å². The van der Waals surface area contributed by atoms with Crippen LogP contribution in [0.4, 0.5) is 11.4 Å². The second kappa shape index (κ2) is 7.55.